The van der Waals surface area contributed by atoms with Gasteiger partial charge >= 0.3 is 0 Å². The van der Waals surface area contributed by atoms with Crippen LogP contribution in [0.5, 0.6) is 0 Å². The van der Waals surface area contributed by atoms with Gasteiger partial charge in [0.25, 0.3) is 0 Å². The van der Waals surface area contributed by atoms with Crippen molar-refractivity contribution < 1.29 is 5.21 Å². The second kappa shape index (κ2) is 5.98. The van der Waals surface area contributed by atoms with E-state index in [-0.39, 0.29) is 5.84 Å². The Hall–Kier alpha value is -1.67. The van der Waals surface area contributed by atoms with Crippen molar-refractivity contribution in [1.29, 1.82) is 0 Å². The minimum atomic E-state index is 0.0831. The number of rotatable bonds is 4. The molecular formula is C11H13N5OS2. The second-order valence-electron chi connectivity index (χ2n) is 3.62. The number of hydrogen-bond donors (Lipinski definition) is 3. The average Bonchev–Trinajstić information content (AvgIpc) is 2.83. The van der Waals surface area contributed by atoms with E-state index in [1.54, 1.807) is 0 Å². The Morgan fingerprint density at radius 3 is 2.74 bits per heavy atom. The molecule has 0 saturated heterocycles. The van der Waals surface area contributed by atoms with E-state index in [2.05, 4.69) is 20.3 Å². The summed E-state index contributed by atoms with van der Waals surface area (Å²) in [5.41, 5.74) is 6.45. The molecule has 4 N–H and O–H groups in total. The number of nitrogens with two attached hydrogens (primary N) is 1. The molecule has 8 heteroatoms. The minimum absolute atomic E-state index is 0.0831. The van der Waals surface area contributed by atoms with Crippen LogP contribution in [0.3, 0.4) is 0 Å². The minimum Gasteiger partial charge on any atom is -0.409 e. The van der Waals surface area contributed by atoms with Gasteiger partial charge in [-0.1, -0.05) is 11.2 Å². The molecule has 6 nitrogen and oxygen atoms in total. The van der Waals surface area contributed by atoms with E-state index in [4.69, 9.17) is 10.9 Å². The summed E-state index contributed by atoms with van der Waals surface area (Å²) < 4.78 is 0. The van der Waals surface area contributed by atoms with E-state index in [1.807, 2.05) is 31.4 Å². The standard InChI is InChI=1S/C11H13N5OS2/c1-6-13-11(15-14-6)19-8-5-3-4-7(18-2)9(8)10(12)16-17/h3-5,17H,1-2H3,(H2,12,16)(H,13,14,15). The van der Waals surface area contributed by atoms with Gasteiger partial charge in [0.1, 0.15) is 5.82 Å². The largest absolute Gasteiger partial charge is 0.409 e. The Labute approximate surface area is 118 Å². The fourth-order valence-electron chi connectivity index (χ4n) is 1.53. The number of H-pyrrole nitrogens is 1. The molecule has 2 rings (SSSR count). The molecule has 1 heterocycles. The zero-order valence-electron chi connectivity index (χ0n) is 10.4. The fraction of sp³-hybridized carbons (Fsp3) is 0.182. The van der Waals surface area contributed by atoms with Gasteiger partial charge in [0.05, 0.1) is 0 Å². The number of aromatic amines is 1. The first-order valence-corrected chi connectivity index (χ1v) is 7.41. The topological polar surface area (TPSA) is 100 Å². The van der Waals surface area contributed by atoms with Crippen molar-refractivity contribution in [3.63, 3.8) is 0 Å². The Morgan fingerprint density at radius 1 is 1.42 bits per heavy atom. The smallest absolute Gasteiger partial charge is 0.213 e. The predicted molar refractivity (Wildman–Crippen MR) is 76.0 cm³/mol. The van der Waals surface area contributed by atoms with E-state index in [0.717, 1.165) is 15.6 Å². The van der Waals surface area contributed by atoms with Gasteiger partial charge in [-0.25, -0.2) is 4.98 Å². The molecule has 2 aromatic rings. The van der Waals surface area contributed by atoms with Crippen LogP contribution in [0.4, 0.5) is 0 Å². The zero-order chi connectivity index (χ0) is 13.8. The van der Waals surface area contributed by atoms with Gasteiger partial charge in [-0.05, 0) is 37.1 Å². The lowest BCUT2D eigenvalue weighted by atomic mass is 10.2. The van der Waals surface area contributed by atoms with Crippen LogP contribution in [-0.4, -0.2) is 32.5 Å². The zero-order valence-corrected chi connectivity index (χ0v) is 12.0. The Morgan fingerprint density at radius 2 is 2.16 bits per heavy atom. The summed E-state index contributed by atoms with van der Waals surface area (Å²) in [6.45, 7) is 1.83. The molecule has 0 bridgehead atoms. The number of nitrogens with one attached hydrogen (secondary N) is 1. The molecule has 0 aliphatic carbocycles. The first-order valence-electron chi connectivity index (χ1n) is 5.37. The van der Waals surface area contributed by atoms with Gasteiger partial charge in [0.2, 0.25) is 5.16 Å². The molecule has 0 atom stereocenters. The van der Waals surface area contributed by atoms with Gasteiger partial charge in [-0.2, -0.15) is 0 Å². The molecule has 0 fully saturated rings. The highest BCUT2D eigenvalue weighted by Gasteiger charge is 2.15. The number of aromatic nitrogens is 3. The summed E-state index contributed by atoms with van der Waals surface area (Å²) in [4.78, 5) is 6.02. The van der Waals surface area contributed by atoms with E-state index >= 15 is 0 Å². The second-order valence-corrected chi connectivity index (χ2v) is 5.48. The van der Waals surface area contributed by atoms with Gasteiger partial charge < -0.3 is 10.9 Å². The Bertz CT molecular complexity index is 611. The van der Waals surface area contributed by atoms with Gasteiger partial charge in [0, 0.05) is 15.4 Å². The molecule has 0 amide bonds. The van der Waals surface area contributed by atoms with Crippen LogP contribution < -0.4 is 5.73 Å². The first kappa shape index (κ1) is 13.8. The number of thioether (sulfide) groups is 1. The fourth-order valence-corrected chi connectivity index (χ4v) is 3.17. The van der Waals surface area contributed by atoms with Crippen LogP contribution in [0.15, 0.2) is 38.3 Å². The Kier molecular flexibility index (Phi) is 4.33. The van der Waals surface area contributed by atoms with Crippen LogP contribution in [0.2, 0.25) is 0 Å². The van der Waals surface area contributed by atoms with Crippen molar-refractivity contribution in [2.24, 2.45) is 10.9 Å². The highest BCUT2D eigenvalue weighted by atomic mass is 32.2. The van der Waals surface area contributed by atoms with Crippen molar-refractivity contribution in [2.45, 2.75) is 21.9 Å². The quantitative estimate of drug-likeness (QED) is 0.262. The Balaban J connectivity index is 2.44. The molecule has 0 aliphatic heterocycles. The predicted octanol–water partition coefficient (Wildman–Crippen LogP) is 2.08. The molecule has 1 aromatic carbocycles. The summed E-state index contributed by atoms with van der Waals surface area (Å²) in [6.07, 6.45) is 1.94. The highest BCUT2D eigenvalue weighted by molar-refractivity contribution is 7.99. The van der Waals surface area contributed by atoms with Gasteiger partial charge in [-0.3, -0.25) is 5.10 Å². The SMILES string of the molecule is CSc1cccc(Sc2n[nH]c(C)n2)c1/C(N)=N/O. The molecule has 0 unspecified atom stereocenters. The van der Waals surface area contributed by atoms with Crippen molar-refractivity contribution >= 4 is 29.4 Å². The number of oxime groups is 1. The maximum absolute atomic E-state index is 8.91. The maximum atomic E-state index is 8.91. The van der Waals surface area contributed by atoms with Crippen molar-refractivity contribution in [2.75, 3.05) is 6.26 Å². The lowest BCUT2D eigenvalue weighted by Gasteiger charge is -2.10. The van der Waals surface area contributed by atoms with Gasteiger partial charge in [-0.15, -0.1) is 16.9 Å². The number of nitrogens with zero attached hydrogens (tertiary/aromatic N) is 3. The molecule has 1 aromatic heterocycles. The average molecular weight is 295 g/mol. The van der Waals surface area contributed by atoms with E-state index in [0.29, 0.717) is 10.7 Å². The van der Waals surface area contributed by atoms with Crippen LogP contribution in [0.1, 0.15) is 11.4 Å². The summed E-state index contributed by atoms with van der Waals surface area (Å²) in [7, 11) is 0. The molecular weight excluding hydrogens is 282 g/mol. The summed E-state index contributed by atoms with van der Waals surface area (Å²) in [5, 5.41) is 19.5. The van der Waals surface area contributed by atoms with E-state index < -0.39 is 0 Å². The maximum Gasteiger partial charge on any atom is 0.213 e. The number of amidine groups is 1. The van der Waals surface area contributed by atoms with E-state index in [1.165, 1.54) is 23.5 Å². The van der Waals surface area contributed by atoms with Crippen molar-refractivity contribution in [3.05, 3.63) is 29.6 Å². The van der Waals surface area contributed by atoms with Crippen LogP contribution in [0, 0.1) is 6.92 Å². The van der Waals surface area contributed by atoms with Crippen molar-refractivity contribution in [1.82, 2.24) is 15.2 Å². The molecule has 0 saturated carbocycles. The number of aryl methyl sites for hydroxylation is 1. The monoisotopic (exact) mass is 295 g/mol. The lowest BCUT2D eigenvalue weighted by Crippen LogP contribution is -2.15. The molecule has 0 aliphatic rings. The highest BCUT2D eigenvalue weighted by Crippen LogP contribution is 2.33. The molecule has 100 valence electrons. The van der Waals surface area contributed by atoms with Crippen LogP contribution in [0.25, 0.3) is 0 Å². The summed E-state index contributed by atoms with van der Waals surface area (Å²) in [6, 6.07) is 5.73. The molecule has 0 radical (unpaired) electrons. The molecule has 19 heavy (non-hydrogen) atoms. The summed E-state index contributed by atoms with van der Waals surface area (Å²) in [5.74, 6) is 0.827. The van der Waals surface area contributed by atoms with Crippen LogP contribution >= 0.6 is 23.5 Å². The van der Waals surface area contributed by atoms with E-state index in [9.17, 15) is 0 Å². The van der Waals surface area contributed by atoms with Crippen molar-refractivity contribution in [3.8, 4) is 0 Å². The van der Waals surface area contributed by atoms with Gasteiger partial charge in [0.15, 0.2) is 5.84 Å². The number of hydrogen-bond acceptors (Lipinski definition) is 6. The van der Waals surface area contributed by atoms with Crippen LogP contribution in [-0.2, 0) is 0 Å². The third-order valence-electron chi connectivity index (χ3n) is 2.35. The summed E-state index contributed by atoms with van der Waals surface area (Å²) >= 11 is 2.90. The normalized spacial score (nSPS) is 11.8. The molecule has 0 spiro atoms. The first-order chi connectivity index (χ1) is 9.15. The third-order valence-corrected chi connectivity index (χ3v) is 4.06. The number of benzene rings is 1. The lowest BCUT2D eigenvalue weighted by molar-refractivity contribution is 0.318. The third kappa shape index (κ3) is 3.02.